The molecule has 2 aliphatic heterocycles. The quantitative estimate of drug-likeness (QED) is 0.728. The Morgan fingerprint density at radius 1 is 1.16 bits per heavy atom. The molecule has 3 fully saturated rings. The Bertz CT molecular complexity index is 844. The molecule has 174 valence electrons. The first-order valence-electron chi connectivity index (χ1n) is 11.7. The number of carbonyl (C=O) groups excluding carboxylic acids is 3. The number of hydrogen-bond acceptors (Lipinski definition) is 5. The first-order valence-corrected chi connectivity index (χ1v) is 11.7. The molecular formula is C24H33N3O5. The van der Waals surface area contributed by atoms with Gasteiger partial charge < -0.3 is 19.7 Å². The van der Waals surface area contributed by atoms with Gasteiger partial charge in [0.05, 0.1) is 13.7 Å². The molecule has 3 amide bonds. The maximum Gasteiger partial charge on any atom is 0.256 e. The number of nitrogens with one attached hydrogen (secondary N) is 1. The van der Waals surface area contributed by atoms with E-state index < -0.39 is 11.8 Å². The zero-order valence-electron chi connectivity index (χ0n) is 19.0. The molecule has 0 aromatic heterocycles. The second-order valence-electron chi connectivity index (χ2n) is 8.92. The zero-order chi connectivity index (χ0) is 22.7. The Hall–Kier alpha value is -2.61. The summed E-state index contributed by atoms with van der Waals surface area (Å²) in [5.41, 5.74) is -0.390. The van der Waals surface area contributed by atoms with Gasteiger partial charge in [0.25, 0.3) is 5.91 Å². The van der Waals surface area contributed by atoms with Crippen molar-refractivity contribution in [2.75, 3.05) is 33.4 Å². The molecule has 0 bridgehead atoms. The number of rotatable bonds is 6. The van der Waals surface area contributed by atoms with E-state index in [9.17, 15) is 14.4 Å². The highest BCUT2D eigenvalue weighted by molar-refractivity contribution is 5.98. The Labute approximate surface area is 189 Å². The molecule has 1 spiro atoms. The van der Waals surface area contributed by atoms with Crippen LogP contribution in [0.1, 0.15) is 55.8 Å². The SMILES string of the molecule is CCCNC(=O)C1COC2(CCN(C(=O)C3CCC3)CC2)N1C(=O)c1ccc(OC)cc1. The zero-order valence-corrected chi connectivity index (χ0v) is 19.0. The monoisotopic (exact) mass is 443 g/mol. The van der Waals surface area contributed by atoms with Crippen LogP contribution in [0.2, 0.25) is 0 Å². The van der Waals surface area contributed by atoms with E-state index in [1.807, 2.05) is 11.8 Å². The average Bonchev–Trinajstić information content (AvgIpc) is 3.14. The second kappa shape index (κ2) is 9.48. The minimum atomic E-state index is -0.873. The number of ether oxygens (including phenoxy) is 2. The third kappa shape index (κ3) is 4.20. The lowest BCUT2D eigenvalue weighted by atomic mass is 9.83. The highest BCUT2D eigenvalue weighted by Gasteiger charge is 2.54. The fourth-order valence-corrected chi connectivity index (χ4v) is 4.80. The van der Waals surface area contributed by atoms with Crippen LogP contribution < -0.4 is 10.1 Å². The van der Waals surface area contributed by atoms with E-state index in [0.717, 1.165) is 25.7 Å². The first kappa shape index (κ1) is 22.6. The van der Waals surface area contributed by atoms with E-state index in [4.69, 9.17) is 9.47 Å². The third-order valence-electron chi connectivity index (χ3n) is 6.98. The van der Waals surface area contributed by atoms with E-state index in [-0.39, 0.29) is 30.2 Å². The van der Waals surface area contributed by atoms with Crippen molar-refractivity contribution in [3.05, 3.63) is 29.8 Å². The molecule has 1 N–H and O–H groups in total. The second-order valence-corrected chi connectivity index (χ2v) is 8.92. The number of hydrogen-bond donors (Lipinski definition) is 1. The van der Waals surface area contributed by atoms with Gasteiger partial charge in [0.15, 0.2) is 0 Å². The number of likely N-dealkylation sites (tertiary alicyclic amines) is 1. The smallest absolute Gasteiger partial charge is 0.256 e. The van der Waals surface area contributed by atoms with Crippen molar-refractivity contribution >= 4 is 17.7 Å². The number of benzene rings is 1. The predicted octanol–water partition coefficient (Wildman–Crippen LogP) is 2.18. The molecule has 8 nitrogen and oxygen atoms in total. The summed E-state index contributed by atoms with van der Waals surface area (Å²) in [5.74, 6) is 0.598. The van der Waals surface area contributed by atoms with Crippen LogP contribution in [0, 0.1) is 5.92 Å². The van der Waals surface area contributed by atoms with E-state index in [0.29, 0.717) is 43.8 Å². The number of amides is 3. The summed E-state index contributed by atoms with van der Waals surface area (Å²) in [6.07, 6.45) is 4.89. The number of carbonyl (C=O) groups is 3. The molecule has 1 aliphatic carbocycles. The summed E-state index contributed by atoms with van der Waals surface area (Å²) in [5, 5.41) is 2.91. The third-order valence-corrected chi connectivity index (χ3v) is 6.98. The van der Waals surface area contributed by atoms with Gasteiger partial charge >= 0.3 is 0 Å². The Morgan fingerprint density at radius 2 is 1.84 bits per heavy atom. The molecule has 2 saturated heterocycles. The molecule has 2 heterocycles. The average molecular weight is 444 g/mol. The normalized spacial score (nSPS) is 22.5. The van der Waals surface area contributed by atoms with Gasteiger partial charge in [-0.25, -0.2) is 0 Å². The van der Waals surface area contributed by atoms with Gasteiger partial charge in [0.1, 0.15) is 17.5 Å². The molecule has 1 unspecified atom stereocenters. The largest absolute Gasteiger partial charge is 0.497 e. The van der Waals surface area contributed by atoms with Gasteiger partial charge in [0.2, 0.25) is 11.8 Å². The lowest BCUT2D eigenvalue weighted by molar-refractivity contribution is -0.149. The van der Waals surface area contributed by atoms with E-state index in [2.05, 4.69) is 5.32 Å². The lowest BCUT2D eigenvalue weighted by Crippen LogP contribution is -2.60. The standard InChI is InChI=1S/C24H33N3O5/c1-3-13-25-21(28)20-16-32-24(11-14-26(15-12-24)22(29)17-5-4-6-17)27(20)23(30)18-7-9-19(31-2)10-8-18/h7-10,17,20H,3-6,11-16H2,1-2H3,(H,25,28). The molecule has 1 atom stereocenters. The molecule has 1 aromatic rings. The van der Waals surface area contributed by atoms with Crippen molar-refractivity contribution in [1.29, 1.82) is 0 Å². The molecule has 0 radical (unpaired) electrons. The van der Waals surface area contributed by atoms with Gasteiger partial charge in [-0.1, -0.05) is 13.3 Å². The minimum Gasteiger partial charge on any atom is -0.497 e. The van der Waals surface area contributed by atoms with Crippen LogP contribution in [-0.4, -0.2) is 72.6 Å². The van der Waals surface area contributed by atoms with Gasteiger partial charge in [-0.2, -0.15) is 0 Å². The molecule has 32 heavy (non-hydrogen) atoms. The fraction of sp³-hybridized carbons (Fsp3) is 0.625. The van der Waals surface area contributed by atoms with E-state index in [1.165, 1.54) is 0 Å². The summed E-state index contributed by atoms with van der Waals surface area (Å²) in [6.45, 7) is 3.77. The van der Waals surface area contributed by atoms with Gasteiger partial charge in [-0.3, -0.25) is 19.3 Å². The van der Waals surface area contributed by atoms with Crippen LogP contribution in [0.15, 0.2) is 24.3 Å². The number of piperidine rings is 1. The van der Waals surface area contributed by atoms with Crippen molar-refractivity contribution in [2.45, 2.75) is 57.2 Å². The summed E-state index contributed by atoms with van der Waals surface area (Å²) in [7, 11) is 1.58. The van der Waals surface area contributed by atoms with Crippen LogP contribution in [0.25, 0.3) is 0 Å². The molecular weight excluding hydrogens is 410 g/mol. The van der Waals surface area contributed by atoms with E-state index >= 15 is 0 Å². The Morgan fingerprint density at radius 3 is 2.41 bits per heavy atom. The molecule has 1 saturated carbocycles. The highest BCUT2D eigenvalue weighted by atomic mass is 16.5. The topological polar surface area (TPSA) is 88.2 Å². The van der Waals surface area contributed by atoms with Crippen LogP contribution in [0.3, 0.4) is 0 Å². The maximum absolute atomic E-state index is 13.6. The molecule has 1 aromatic carbocycles. The van der Waals surface area contributed by atoms with Gasteiger partial charge in [-0.05, 0) is 43.5 Å². The van der Waals surface area contributed by atoms with Crippen molar-refractivity contribution < 1.29 is 23.9 Å². The van der Waals surface area contributed by atoms with Crippen molar-refractivity contribution in [3.8, 4) is 5.75 Å². The van der Waals surface area contributed by atoms with Gasteiger partial charge in [0, 0.05) is 44.0 Å². The van der Waals surface area contributed by atoms with Gasteiger partial charge in [-0.15, -0.1) is 0 Å². The predicted molar refractivity (Wildman–Crippen MR) is 118 cm³/mol. The Kier molecular flexibility index (Phi) is 6.69. The Balaban J connectivity index is 1.55. The van der Waals surface area contributed by atoms with Crippen molar-refractivity contribution in [3.63, 3.8) is 0 Å². The first-order chi connectivity index (χ1) is 15.5. The van der Waals surface area contributed by atoms with Crippen LogP contribution >= 0.6 is 0 Å². The molecule has 8 heteroatoms. The summed E-state index contributed by atoms with van der Waals surface area (Å²) >= 11 is 0. The van der Waals surface area contributed by atoms with Crippen LogP contribution in [-0.2, 0) is 14.3 Å². The van der Waals surface area contributed by atoms with Crippen LogP contribution in [0.4, 0.5) is 0 Å². The van der Waals surface area contributed by atoms with Crippen molar-refractivity contribution in [1.82, 2.24) is 15.1 Å². The summed E-state index contributed by atoms with van der Waals surface area (Å²) in [4.78, 5) is 42.8. The summed E-state index contributed by atoms with van der Waals surface area (Å²) in [6, 6.07) is 6.21. The van der Waals surface area contributed by atoms with Crippen LogP contribution in [0.5, 0.6) is 5.75 Å². The fourth-order valence-electron chi connectivity index (χ4n) is 4.80. The minimum absolute atomic E-state index is 0.151. The lowest BCUT2D eigenvalue weighted by Gasteiger charge is -2.45. The maximum atomic E-state index is 13.6. The summed E-state index contributed by atoms with van der Waals surface area (Å²) < 4.78 is 11.4. The number of nitrogens with zero attached hydrogens (tertiary/aromatic N) is 2. The molecule has 4 rings (SSSR count). The number of methoxy groups -OCH3 is 1. The van der Waals surface area contributed by atoms with Crippen molar-refractivity contribution in [2.24, 2.45) is 5.92 Å². The van der Waals surface area contributed by atoms with E-state index in [1.54, 1.807) is 36.3 Å². The highest BCUT2D eigenvalue weighted by Crippen LogP contribution is 2.39. The molecule has 3 aliphatic rings.